The van der Waals surface area contributed by atoms with Gasteiger partial charge >= 0.3 is 0 Å². The maximum absolute atomic E-state index is 12.7. The zero-order valence-electron chi connectivity index (χ0n) is 44.3. The van der Waals surface area contributed by atoms with Gasteiger partial charge in [0.1, 0.15) is 40.3 Å². The normalized spacial score (nSPS) is 9.45. The van der Waals surface area contributed by atoms with Gasteiger partial charge in [-0.1, -0.05) is 95.1 Å². The van der Waals surface area contributed by atoms with Gasteiger partial charge in [0.15, 0.2) is 11.6 Å². The highest BCUT2D eigenvalue weighted by molar-refractivity contribution is 5.43. The van der Waals surface area contributed by atoms with E-state index < -0.39 is 0 Å². The van der Waals surface area contributed by atoms with Crippen molar-refractivity contribution in [1.29, 1.82) is 0 Å². The van der Waals surface area contributed by atoms with E-state index >= 15 is 0 Å². The van der Waals surface area contributed by atoms with E-state index in [2.05, 4.69) is 65.8 Å². The Morgan fingerprint density at radius 1 is 0.261 bits per heavy atom. The first kappa shape index (κ1) is 60.0. The van der Waals surface area contributed by atoms with Crippen LogP contribution in [0.5, 0.6) is 40.2 Å². The fourth-order valence-corrected chi connectivity index (χ4v) is 6.43. The summed E-state index contributed by atoms with van der Waals surface area (Å²) in [4.78, 5) is 0. The summed E-state index contributed by atoms with van der Waals surface area (Å²) in [7, 11) is 11.4. The molecule has 0 aromatic heterocycles. The Kier molecular flexibility index (Phi) is 28.4. The molecule has 7 aromatic rings. The van der Waals surface area contributed by atoms with Crippen LogP contribution >= 0.6 is 0 Å². The van der Waals surface area contributed by atoms with E-state index in [1.807, 2.05) is 107 Å². The Morgan fingerprint density at radius 3 is 1.03 bits per heavy atom. The third-order valence-corrected chi connectivity index (χ3v) is 10.1. The van der Waals surface area contributed by atoms with E-state index in [9.17, 15) is 8.78 Å². The van der Waals surface area contributed by atoms with E-state index in [-0.39, 0.29) is 11.6 Å². The molecule has 0 atom stereocenters. The molecule has 0 fully saturated rings. The van der Waals surface area contributed by atoms with E-state index in [4.69, 9.17) is 33.2 Å². The topological polar surface area (TPSA) is 64.6 Å². The van der Waals surface area contributed by atoms with Crippen molar-refractivity contribution in [2.45, 2.75) is 76.2 Å². The first-order valence-corrected chi connectivity index (χ1v) is 22.4. The number of hydrogen-bond donors (Lipinski definition) is 0. The zero-order valence-corrected chi connectivity index (χ0v) is 44.3. The second-order valence-corrected chi connectivity index (χ2v) is 16.2. The van der Waals surface area contributed by atoms with Gasteiger partial charge in [-0.3, -0.25) is 0 Å². The molecule has 0 saturated carbocycles. The third-order valence-electron chi connectivity index (χ3n) is 10.1. The Balaban J connectivity index is 0.000000403. The molecule has 0 N–H and O–H groups in total. The molecular formula is C60H76F2O7. The van der Waals surface area contributed by atoms with Crippen LogP contribution in [0.2, 0.25) is 0 Å². The first-order chi connectivity index (χ1) is 32.7. The smallest absolute Gasteiger partial charge is 0.165 e. The number of benzene rings is 7. The minimum atomic E-state index is -0.303. The van der Waals surface area contributed by atoms with Gasteiger partial charge in [0.25, 0.3) is 0 Å². The SMILES string of the molecule is COc1c(C)cc(C)cc1C.COc1ccc(C)c(F)c1.COc1ccc(C)cc1.COc1ccc(C)cc1C.COc1ccc(C)cc1C.COc1ccc(C)cc1F.COc1cccc(C)c1. The molecule has 0 unspecified atom stereocenters. The molecule has 0 spiro atoms. The molecule has 7 nitrogen and oxygen atoms in total. The summed E-state index contributed by atoms with van der Waals surface area (Å²) in [5.41, 5.74) is 12.7. The highest BCUT2D eigenvalue weighted by atomic mass is 19.1. The predicted molar refractivity (Wildman–Crippen MR) is 283 cm³/mol. The molecule has 9 heteroatoms. The van der Waals surface area contributed by atoms with Crippen molar-refractivity contribution in [2.24, 2.45) is 0 Å². The van der Waals surface area contributed by atoms with Crippen molar-refractivity contribution in [2.75, 3.05) is 49.8 Å². The number of methoxy groups -OCH3 is 7. The van der Waals surface area contributed by atoms with Crippen molar-refractivity contribution in [3.8, 4) is 40.2 Å². The van der Waals surface area contributed by atoms with E-state index in [1.54, 1.807) is 60.7 Å². The summed E-state index contributed by atoms with van der Waals surface area (Å²) in [6.45, 7) is 22.1. The molecule has 0 bridgehead atoms. The molecule has 7 rings (SSSR count). The minimum absolute atomic E-state index is 0.223. The lowest BCUT2D eigenvalue weighted by Gasteiger charge is -2.08. The molecule has 372 valence electrons. The molecule has 69 heavy (non-hydrogen) atoms. The van der Waals surface area contributed by atoms with Crippen LogP contribution in [0.4, 0.5) is 8.78 Å². The maximum atomic E-state index is 12.7. The minimum Gasteiger partial charge on any atom is -0.497 e. The van der Waals surface area contributed by atoms with Crippen molar-refractivity contribution in [1.82, 2.24) is 0 Å². The molecule has 0 saturated heterocycles. The number of aryl methyl sites for hydroxylation is 11. The van der Waals surface area contributed by atoms with E-state index in [0.29, 0.717) is 17.1 Å². The molecule has 0 heterocycles. The quantitative estimate of drug-likeness (QED) is 0.158. The van der Waals surface area contributed by atoms with Crippen LogP contribution in [0.15, 0.2) is 133 Å². The molecule has 0 amide bonds. The number of hydrogen-bond acceptors (Lipinski definition) is 7. The van der Waals surface area contributed by atoms with Crippen molar-refractivity contribution in [3.05, 3.63) is 206 Å². The summed E-state index contributed by atoms with van der Waals surface area (Å²) < 4.78 is 60.3. The average molecular weight is 947 g/mol. The van der Waals surface area contributed by atoms with E-state index in [1.165, 1.54) is 76.4 Å². The van der Waals surface area contributed by atoms with Crippen LogP contribution in [0.25, 0.3) is 0 Å². The van der Waals surface area contributed by atoms with Gasteiger partial charge in [0.05, 0.1) is 49.8 Å². The summed E-state index contributed by atoms with van der Waals surface area (Å²) >= 11 is 0. The van der Waals surface area contributed by atoms with Gasteiger partial charge in [-0.25, -0.2) is 8.78 Å². The lowest BCUT2D eigenvalue weighted by molar-refractivity contribution is 0.386. The molecule has 7 aromatic carbocycles. The number of halogens is 2. The van der Waals surface area contributed by atoms with Gasteiger partial charge < -0.3 is 33.2 Å². The van der Waals surface area contributed by atoms with Crippen LogP contribution in [0, 0.1) is 87.8 Å². The standard InChI is InChI=1S/C10H14O.2C9H12O.2C8H9FO.2C8H10O/c1-7-5-8(2)10(11-4)9(3)6-7;2*1-7-4-5-9(10-3)8(2)6-7;1-6-3-4-7(10-2)5-8(6)9;1-6-3-4-8(10-2)7(9)5-6;1-7-3-5-8(9-2)6-4-7;1-7-4-3-5-8(6-7)9-2/h5-6H,1-4H3;2*4-6H,1-3H3;2*3-5H,1-2H3;2*3-6H,1-2H3. The predicted octanol–water partition coefficient (Wildman–Crippen LogP) is 15.5. The van der Waals surface area contributed by atoms with Gasteiger partial charge in [-0.15, -0.1) is 0 Å². The molecular weight excluding hydrogens is 871 g/mol. The monoisotopic (exact) mass is 947 g/mol. The Labute approximate surface area is 413 Å². The summed E-state index contributed by atoms with van der Waals surface area (Å²) in [6.07, 6.45) is 0. The fraction of sp³-hybridized carbons (Fsp3) is 0.300. The largest absolute Gasteiger partial charge is 0.497 e. The fourth-order valence-electron chi connectivity index (χ4n) is 6.43. The van der Waals surface area contributed by atoms with Gasteiger partial charge in [-0.05, 0) is 170 Å². The maximum Gasteiger partial charge on any atom is 0.165 e. The van der Waals surface area contributed by atoms with Gasteiger partial charge in [-0.2, -0.15) is 0 Å². The first-order valence-electron chi connectivity index (χ1n) is 22.4. The second kappa shape index (κ2) is 32.7. The van der Waals surface area contributed by atoms with Crippen LogP contribution in [-0.4, -0.2) is 49.8 Å². The van der Waals surface area contributed by atoms with Crippen LogP contribution in [0.3, 0.4) is 0 Å². The number of ether oxygens (including phenoxy) is 7. The average Bonchev–Trinajstić information content (AvgIpc) is 3.31. The van der Waals surface area contributed by atoms with Crippen molar-refractivity contribution >= 4 is 0 Å². The van der Waals surface area contributed by atoms with Gasteiger partial charge in [0, 0.05) is 6.07 Å². The van der Waals surface area contributed by atoms with Crippen LogP contribution in [-0.2, 0) is 0 Å². The molecule has 0 aliphatic rings. The Morgan fingerprint density at radius 2 is 0.652 bits per heavy atom. The summed E-state index contributed by atoms with van der Waals surface area (Å²) in [5, 5.41) is 0. The highest BCUT2D eigenvalue weighted by Gasteiger charge is 2.02. The second-order valence-electron chi connectivity index (χ2n) is 16.2. The van der Waals surface area contributed by atoms with Crippen LogP contribution in [0.1, 0.15) is 61.2 Å². The van der Waals surface area contributed by atoms with Gasteiger partial charge in [0.2, 0.25) is 0 Å². The molecule has 0 aliphatic heterocycles. The Hall–Kier alpha value is -7.00. The number of rotatable bonds is 7. The van der Waals surface area contributed by atoms with E-state index in [0.717, 1.165) is 34.3 Å². The molecule has 0 aliphatic carbocycles. The van der Waals surface area contributed by atoms with Crippen molar-refractivity contribution < 1.29 is 41.9 Å². The third kappa shape index (κ3) is 23.5. The van der Waals surface area contributed by atoms with Crippen molar-refractivity contribution in [3.63, 3.8) is 0 Å². The lowest BCUT2D eigenvalue weighted by Crippen LogP contribution is -1.91. The highest BCUT2D eigenvalue weighted by Crippen LogP contribution is 2.24. The summed E-state index contributed by atoms with van der Waals surface area (Å²) in [5.74, 6) is 5.11. The summed E-state index contributed by atoms with van der Waals surface area (Å²) in [6, 6.07) is 42.1. The zero-order chi connectivity index (χ0) is 52.1. The Bertz CT molecular complexity index is 2410. The molecule has 0 radical (unpaired) electrons. The lowest BCUT2D eigenvalue weighted by atomic mass is 10.1. The van der Waals surface area contributed by atoms with Crippen LogP contribution < -0.4 is 33.2 Å².